The molecule has 0 aliphatic heterocycles. The van der Waals surface area contributed by atoms with Crippen molar-refractivity contribution in [3.63, 3.8) is 0 Å². The van der Waals surface area contributed by atoms with Crippen LogP contribution >= 0.6 is 0 Å². The van der Waals surface area contributed by atoms with Crippen molar-refractivity contribution in [3.8, 4) is 77.9 Å². The van der Waals surface area contributed by atoms with Crippen molar-refractivity contribution >= 4 is 0 Å². The molecule has 0 amide bonds. The van der Waals surface area contributed by atoms with Gasteiger partial charge in [-0.2, -0.15) is 0 Å². The maximum Gasteiger partial charge on any atom is 0.131 e. The number of hydrogen-bond donors (Lipinski definition) is 0. The van der Waals surface area contributed by atoms with Crippen LogP contribution in [0.2, 0.25) is 0 Å². The van der Waals surface area contributed by atoms with E-state index in [-0.39, 0.29) is 5.82 Å². The first-order valence-corrected chi connectivity index (χ1v) is 27.5. The maximum absolute atomic E-state index is 14.9. The Morgan fingerprint density at radius 1 is 0.237 bits per heavy atom. The summed E-state index contributed by atoms with van der Waals surface area (Å²) in [6.45, 7) is 21.8. The van der Waals surface area contributed by atoms with Crippen LogP contribution in [0.25, 0.3) is 77.9 Å². The molecule has 0 aliphatic carbocycles. The zero-order valence-electron chi connectivity index (χ0n) is 46.6. The molecule has 0 bridgehead atoms. The van der Waals surface area contributed by atoms with Gasteiger partial charge in [0.05, 0.1) is 0 Å². The molecular weight excluding hydrogens is 920 g/mol. The molecule has 0 saturated heterocycles. The normalized spacial score (nSPS) is 10.8. The minimum absolute atomic E-state index is 0.192. The van der Waals surface area contributed by atoms with E-state index in [1.807, 2.05) is 24.3 Å². The highest BCUT2D eigenvalue weighted by molar-refractivity contribution is 5.79. The van der Waals surface area contributed by atoms with Crippen molar-refractivity contribution in [2.45, 2.75) is 101 Å². The molecule has 76 heavy (non-hydrogen) atoms. The molecule has 10 aromatic carbocycles. The van der Waals surface area contributed by atoms with Crippen LogP contribution in [-0.2, 0) is 32.1 Å². The highest BCUT2D eigenvalue weighted by Gasteiger charge is 2.14. The summed E-state index contributed by atoms with van der Waals surface area (Å²) < 4.78 is 14.9. The maximum atomic E-state index is 14.9. The van der Waals surface area contributed by atoms with E-state index in [2.05, 4.69) is 251 Å². The van der Waals surface area contributed by atoms with E-state index in [1.54, 1.807) is 6.07 Å². The number of halogens is 1. The molecule has 0 unspecified atom stereocenters. The van der Waals surface area contributed by atoms with Crippen LogP contribution in [0.5, 0.6) is 0 Å². The van der Waals surface area contributed by atoms with E-state index < -0.39 is 0 Å². The van der Waals surface area contributed by atoms with E-state index >= 15 is 0 Å². The van der Waals surface area contributed by atoms with Crippen LogP contribution in [0.15, 0.2) is 212 Å². The Bertz CT molecular complexity index is 3390. The summed E-state index contributed by atoms with van der Waals surface area (Å²) in [6.07, 6.45) is 5.18. The smallest absolute Gasteiger partial charge is 0.131 e. The van der Waals surface area contributed by atoms with E-state index in [4.69, 9.17) is 0 Å². The first-order valence-electron chi connectivity index (χ1n) is 27.5. The second-order valence-electron chi connectivity index (χ2n) is 20.4. The number of hydrogen-bond acceptors (Lipinski definition) is 0. The molecule has 0 spiro atoms. The van der Waals surface area contributed by atoms with Crippen LogP contribution in [0, 0.1) is 40.4 Å². The summed E-state index contributed by atoms with van der Waals surface area (Å²) in [5.41, 5.74) is 30.0. The Labute approximate surface area is 455 Å². The monoisotopic (exact) mass is 995 g/mol. The Morgan fingerprint density at radius 3 is 0.842 bits per heavy atom. The lowest BCUT2D eigenvalue weighted by Crippen LogP contribution is -1.95. The molecule has 0 radical (unpaired) electrons. The van der Waals surface area contributed by atoms with E-state index in [9.17, 15) is 4.39 Å². The molecule has 10 rings (SSSR count). The largest absolute Gasteiger partial charge is 0.206 e. The molecule has 0 aromatic heterocycles. The first-order chi connectivity index (χ1) is 36.9. The van der Waals surface area contributed by atoms with Crippen LogP contribution in [-0.4, -0.2) is 0 Å². The van der Waals surface area contributed by atoms with E-state index in [0.717, 1.165) is 54.4 Å². The van der Waals surface area contributed by atoms with Gasteiger partial charge in [-0.15, -0.1) is 0 Å². The lowest BCUT2D eigenvalue weighted by Gasteiger charge is -2.16. The minimum Gasteiger partial charge on any atom is -0.206 e. The van der Waals surface area contributed by atoms with Crippen molar-refractivity contribution in [1.82, 2.24) is 0 Å². The predicted molar refractivity (Wildman–Crippen MR) is 328 cm³/mol. The zero-order chi connectivity index (χ0) is 53.7. The molecule has 0 fully saturated rings. The molecule has 0 heterocycles. The minimum atomic E-state index is -0.192. The highest BCUT2D eigenvalue weighted by atomic mass is 19.1. The molecule has 382 valence electrons. The van der Waals surface area contributed by atoms with Gasteiger partial charge in [0.25, 0.3) is 0 Å². The molecule has 0 saturated carbocycles. The topological polar surface area (TPSA) is 0 Å². The Hall–Kier alpha value is -7.87. The van der Waals surface area contributed by atoms with Gasteiger partial charge in [-0.05, 0) is 178 Å². The summed E-state index contributed by atoms with van der Waals surface area (Å²) >= 11 is 0. The Morgan fingerprint density at radius 2 is 0.500 bits per heavy atom. The number of rotatable bonds is 12. The Balaban J connectivity index is 0.000000152. The molecule has 0 aliphatic rings. The zero-order valence-corrected chi connectivity index (χ0v) is 46.6. The SMILES string of the molecule is CCc1cc(-c2ccc(C)cc2)c(C)cc1-c1ccc(C)cc1.CCc1cc(-c2ccc(C)cc2)c(CC)cc1-c1ccc(C)cc1.CCc1ccc(-c2ccc(-c3ccc(-c4ccc(CC)cc4)cc3F)cc2)cc1. The van der Waals surface area contributed by atoms with Gasteiger partial charge in [-0.25, -0.2) is 4.39 Å². The first kappa shape index (κ1) is 54.4. The lowest BCUT2D eigenvalue weighted by atomic mass is 9.88. The van der Waals surface area contributed by atoms with Crippen molar-refractivity contribution < 1.29 is 4.39 Å². The fraction of sp³-hybridized carbons (Fsp3) is 0.200. The van der Waals surface area contributed by atoms with Gasteiger partial charge < -0.3 is 0 Å². The second-order valence-corrected chi connectivity index (χ2v) is 20.4. The average molecular weight is 995 g/mol. The molecule has 0 N–H and O–H groups in total. The van der Waals surface area contributed by atoms with Crippen molar-refractivity contribution in [2.24, 2.45) is 0 Å². The predicted octanol–water partition coefficient (Wildman–Crippen LogP) is 21.2. The molecule has 1 heteroatoms. The summed E-state index contributed by atoms with van der Waals surface area (Å²) in [7, 11) is 0. The Kier molecular flexibility index (Phi) is 18.3. The average Bonchev–Trinajstić information content (AvgIpc) is 3.48. The summed E-state index contributed by atoms with van der Waals surface area (Å²) in [6, 6.07) is 75.6. The molecule has 0 atom stereocenters. The third kappa shape index (κ3) is 13.3. The summed E-state index contributed by atoms with van der Waals surface area (Å²) in [4.78, 5) is 0. The highest BCUT2D eigenvalue weighted by Crippen LogP contribution is 2.36. The molecule has 10 aromatic rings. The van der Waals surface area contributed by atoms with Crippen molar-refractivity contribution in [2.75, 3.05) is 0 Å². The van der Waals surface area contributed by atoms with Gasteiger partial charge in [0.1, 0.15) is 5.82 Å². The lowest BCUT2D eigenvalue weighted by molar-refractivity contribution is 0.632. The van der Waals surface area contributed by atoms with E-state index in [0.29, 0.717) is 5.56 Å². The van der Waals surface area contributed by atoms with E-state index in [1.165, 1.54) is 106 Å². The fourth-order valence-corrected chi connectivity index (χ4v) is 10.0. The summed E-state index contributed by atoms with van der Waals surface area (Å²) in [5.74, 6) is -0.192. The van der Waals surface area contributed by atoms with Gasteiger partial charge in [0.15, 0.2) is 0 Å². The van der Waals surface area contributed by atoms with Gasteiger partial charge in [-0.3, -0.25) is 0 Å². The van der Waals surface area contributed by atoms with Crippen molar-refractivity contribution in [3.05, 3.63) is 274 Å². The van der Waals surface area contributed by atoms with Crippen molar-refractivity contribution in [1.29, 1.82) is 0 Å². The standard InChI is InChI=1S/C28H25F.C24H26.C23H24/c1-3-20-5-9-22(10-6-20)23-13-15-25(16-14-23)27-18-17-26(19-28(27)29)24-11-7-21(4-2)8-12-24;1-5-19-15-24(22-13-9-18(4)10-14-22)20(6-2)16-23(19)21-11-7-17(3)8-12-21;1-5-19-15-22(20-10-6-16(2)7-11-20)18(4)14-23(19)21-12-8-17(3)9-13-21/h5-19H,3-4H2,1-2H3;7-16H,5-6H2,1-4H3;6-15H,5H2,1-4H3. The third-order valence-corrected chi connectivity index (χ3v) is 14.9. The quantitative estimate of drug-likeness (QED) is 0.114. The molecule has 0 nitrogen and oxygen atoms in total. The van der Waals surface area contributed by atoms with Gasteiger partial charge >= 0.3 is 0 Å². The van der Waals surface area contributed by atoms with Crippen LogP contribution < -0.4 is 0 Å². The third-order valence-electron chi connectivity index (χ3n) is 14.9. The van der Waals surface area contributed by atoms with Crippen LogP contribution in [0.1, 0.15) is 90.3 Å². The molecular formula is C75H75F. The van der Waals surface area contributed by atoms with Crippen LogP contribution in [0.3, 0.4) is 0 Å². The van der Waals surface area contributed by atoms with Gasteiger partial charge in [0, 0.05) is 5.56 Å². The summed E-state index contributed by atoms with van der Waals surface area (Å²) in [5, 5.41) is 0. The second kappa shape index (κ2) is 25.6. The number of benzene rings is 10. The van der Waals surface area contributed by atoms with Gasteiger partial charge in [0.2, 0.25) is 0 Å². The fourth-order valence-electron chi connectivity index (χ4n) is 10.0. The van der Waals surface area contributed by atoms with Crippen LogP contribution in [0.4, 0.5) is 4.39 Å². The number of aryl methyl sites for hydroxylation is 10. The van der Waals surface area contributed by atoms with Gasteiger partial charge in [-0.1, -0.05) is 263 Å².